The maximum atomic E-state index is 12.7. The van der Waals surface area contributed by atoms with Crippen LogP contribution < -0.4 is 5.32 Å². The van der Waals surface area contributed by atoms with Crippen LogP contribution in [0.2, 0.25) is 0 Å². The standard InChI is InChI=1S/C22H27F3N2OS/c1-2-27(15-18-6-5-13-29-18)20-8-4-3-7-19(20)26-21(28)17-11-9-16(10-12-17)14-22(23,24)25/h5-6,9-13,19-20H,2-4,7-8,14-15H2,1H3,(H,26,28). The molecule has 158 valence electrons. The number of amides is 1. The molecule has 1 saturated carbocycles. The third-order valence-corrected chi connectivity index (χ3v) is 6.34. The predicted molar refractivity (Wildman–Crippen MR) is 110 cm³/mol. The van der Waals surface area contributed by atoms with Crippen molar-refractivity contribution in [2.45, 2.75) is 63.8 Å². The zero-order valence-corrected chi connectivity index (χ0v) is 17.4. The second-order valence-electron chi connectivity index (χ2n) is 7.56. The molecular formula is C22H27F3N2OS. The topological polar surface area (TPSA) is 32.3 Å². The van der Waals surface area contributed by atoms with Gasteiger partial charge in [-0.05, 0) is 48.5 Å². The summed E-state index contributed by atoms with van der Waals surface area (Å²) in [5.74, 6) is -0.215. The first-order valence-corrected chi connectivity index (χ1v) is 11.0. The number of alkyl halides is 3. The Morgan fingerprint density at radius 3 is 2.52 bits per heavy atom. The van der Waals surface area contributed by atoms with Gasteiger partial charge < -0.3 is 5.32 Å². The molecule has 1 N–H and O–H groups in total. The molecule has 2 aromatic rings. The number of carbonyl (C=O) groups is 1. The van der Waals surface area contributed by atoms with E-state index in [9.17, 15) is 18.0 Å². The smallest absolute Gasteiger partial charge is 0.348 e. The Kier molecular flexibility index (Phi) is 7.35. The predicted octanol–water partition coefficient (Wildman–Crippen LogP) is 5.42. The molecule has 1 aromatic carbocycles. The third-order valence-electron chi connectivity index (χ3n) is 5.48. The molecule has 3 rings (SSSR count). The summed E-state index contributed by atoms with van der Waals surface area (Å²) < 4.78 is 37.5. The first kappa shape index (κ1) is 21.8. The number of rotatable bonds is 7. The summed E-state index contributed by atoms with van der Waals surface area (Å²) >= 11 is 1.74. The van der Waals surface area contributed by atoms with Crippen molar-refractivity contribution in [3.63, 3.8) is 0 Å². The molecule has 0 bridgehead atoms. The fourth-order valence-electron chi connectivity index (χ4n) is 4.04. The van der Waals surface area contributed by atoms with Crippen LogP contribution in [0.1, 0.15) is 53.4 Å². The highest BCUT2D eigenvalue weighted by molar-refractivity contribution is 7.09. The third kappa shape index (κ3) is 6.31. The molecule has 0 spiro atoms. The second-order valence-corrected chi connectivity index (χ2v) is 8.60. The SMILES string of the molecule is CCN(Cc1cccs1)C1CCCCC1NC(=O)c1ccc(CC(F)(F)F)cc1. The van der Waals surface area contributed by atoms with Gasteiger partial charge in [0.05, 0.1) is 6.42 Å². The summed E-state index contributed by atoms with van der Waals surface area (Å²) in [5, 5.41) is 5.22. The Hall–Kier alpha value is -1.86. The van der Waals surface area contributed by atoms with E-state index in [2.05, 4.69) is 34.7 Å². The summed E-state index contributed by atoms with van der Waals surface area (Å²) in [6.07, 6.45) is -1.05. The van der Waals surface area contributed by atoms with Crippen LogP contribution in [-0.4, -0.2) is 35.6 Å². The molecule has 0 aliphatic heterocycles. The highest BCUT2D eigenvalue weighted by Crippen LogP contribution is 2.26. The molecule has 0 saturated heterocycles. The number of likely N-dealkylation sites (N-methyl/N-ethyl adjacent to an activating group) is 1. The number of hydrogen-bond acceptors (Lipinski definition) is 3. The van der Waals surface area contributed by atoms with Gasteiger partial charge in [0.25, 0.3) is 5.91 Å². The Morgan fingerprint density at radius 2 is 1.90 bits per heavy atom. The number of benzene rings is 1. The molecule has 29 heavy (non-hydrogen) atoms. The van der Waals surface area contributed by atoms with Crippen molar-refractivity contribution in [2.75, 3.05) is 6.54 Å². The number of nitrogens with one attached hydrogen (secondary N) is 1. The number of halogens is 3. The van der Waals surface area contributed by atoms with Gasteiger partial charge in [0.2, 0.25) is 0 Å². The number of carbonyl (C=O) groups excluding carboxylic acids is 1. The molecular weight excluding hydrogens is 397 g/mol. The number of nitrogens with zero attached hydrogens (tertiary/aromatic N) is 1. The Morgan fingerprint density at radius 1 is 1.17 bits per heavy atom. The van der Waals surface area contributed by atoms with Gasteiger partial charge in [-0.1, -0.05) is 38.0 Å². The van der Waals surface area contributed by atoms with Gasteiger partial charge in [0.1, 0.15) is 0 Å². The lowest BCUT2D eigenvalue weighted by atomic mass is 9.88. The van der Waals surface area contributed by atoms with E-state index in [0.717, 1.165) is 38.8 Å². The average Bonchev–Trinajstić information content (AvgIpc) is 3.19. The highest BCUT2D eigenvalue weighted by Gasteiger charge is 2.31. The lowest BCUT2D eigenvalue weighted by molar-refractivity contribution is -0.127. The molecule has 1 fully saturated rings. The number of hydrogen-bond donors (Lipinski definition) is 1. The monoisotopic (exact) mass is 424 g/mol. The first-order chi connectivity index (χ1) is 13.9. The maximum Gasteiger partial charge on any atom is 0.393 e. The van der Waals surface area contributed by atoms with Crippen molar-refractivity contribution in [1.82, 2.24) is 10.2 Å². The van der Waals surface area contributed by atoms with Gasteiger partial charge >= 0.3 is 6.18 Å². The van der Waals surface area contributed by atoms with Crippen LogP contribution >= 0.6 is 11.3 Å². The second kappa shape index (κ2) is 9.76. The zero-order valence-electron chi connectivity index (χ0n) is 16.5. The molecule has 1 amide bonds. The van der Waals surface area contributed by atoms with E-state index in [-0.39, 0.29) is 23.6 Å². The van der Waals surface area contributed by atoms with E-state index < -0.39 is 12.6 Å². The summed E-state index contributed by atoms with van der Waals surface area (Å²) in [5.41, 5.74) is 0.569. The fourth-order valence-corrected chi connectivity index (χ4v) is 4.77. The molecule has 1 aromatic heterocycles. The van der Waals surface area contributed by atoms with Gasteiger partial charge in [0, 0.05) is 29.1 Å². The first-order valence-electron chi connectivity index (χ1n) is 10.1. The molecule has 7 heteroatoms. The summed E-state index contributed by atoms with van der Waals surface area (Å²) in [7, 11) is 0. The normalized spacial score (nSPS) is 20.0. The van der Waals surface area contributed by atoms with Gasteiger partial charge in [-0.2, -0.15) is 13.2 Å². The van der Waals surface area contributed by atoms with Crippen LogP contribution in [-0.2, 0) is 13.0 Å². The van der Waals surface area contributed by atoms with E-state index in [1.165, 1.54) is 29.1 Å². The van der Waals surface area contributed by atoms with Gasteiger partial charge in [-0.25, -0.2) is 0 Å². The molecule has 2 atom stereocenters. The van der Waals surface area contributed by atoms with Gasteiger partial charge in [0.15, 0.2) is 0 Å². The van der Waals surface area contributed by atoms with Crippen LogP contribution in [0.15, 0.2) is 41.8 Å². The molecule has 0 radical (unpaired) electrons. The van der Waals surface area contributed by atoms with Crippen molar-refractivity contribution >= 4 is 17.2 Å². The van der Waals surface area contributed by atoms with E-state index >= 15 is 0 Å². The minimum Gasteiger partial charge on any atom is -0.348 e. The lowest BCUT2D eigenvalue weighted by Gasteiger charge is -2.39. The number of thiophene rings is 1. The summed E-state index contributed by atoms with van der Waals surface area (Å²) in [4.78, 5) is 16.5. The maximum absolute atomic E-state index is 12.7. The molecule has 3 nitrogen and oxygen atoms in total. The van der Waals surface area contributed by atoms with Crippen LogP contribution in [0.25, 0.3) is 0 Å². The largest absolute Gasteiger partial charge is 0.393 e. The average molecular weight is 425 g/mol. The van der Waals surface area contributed by atoms with E-state index in [1.54, 1.807) is 11.3 Å². The van der Waals surface area contributed by atoms with E-state index in [0.29, 0.717) is 5.56 Å². The van der Waals surface area contributed by atoms with E-state index in [1.807, 2.05) is 0 Å². The van der Waals surface area contributed by atoms with Gasteiger partial charge in [-0.3, -0.25) is 9.69 Å². The van der Waals surface area contributed by atoms with Crippen LogP contribution in [0.4, 0.5) is 13.2 Å². The molecule has 1 aliphatic carbocycles. The van der Waals surface area contributed by atoms with E-state index in [4.69, 9.17) is 0 Å². The minimum absolute atomic E-state index is 0.0472. The van der Waals surface area contributed by atoms with Crippen molar-refractivity contribution in [3.05, 3.63) is 57.8 Å². The Labute approximate surface area is 173 Å². The van der Waals surface area contributed by atoms with Crippen molar-refractivity contribution in [2.24, 2.45) is 0 Å². The Bertz CT molecular complexity index is 774. The summed E-state index contributed by atoms with van der Waals surface area (Å²) in [6, 6.07) is 10.2. The molecule has 2 unspecified atom stereocenters. The minimum atomic E-state index is -4.24. The van der Waals surface area contributed by atoms with Crippen LogP contribution in [0, 0.1) is 0 Å². The fraction of sp³-hybridized carbons (Fsp3) is 0.500. The highest BCUT2D eigenvalue weighted by atomic mass is 32.1. The summed E-state index contributed by atoms with van der Waals surface area (Å²) in [6.45, 7) is 3.92. The zero-order chi connectivity index (χ0) is 20.9. The molecule has 1 heterocycles. The van der Waals surface area contributed by atoms with Gasteiger partial charge in [-0.15, -0.1) is 11.3 Å². The molecule has 1 aliphatic rings. The van der Waals surface area contributed by atoms with Crippen LogP contribution in [0.3, 0.4) is 0 Å². The Balaban J connectivity index is 1.65. The quantitative estimate of drug-likeness (QED) is 0.644. The van der Waals surface area contributed by atoms with Crippen molar-refractivity contribution in [3.8, 4) is 0 Å². The van der Waals surface area contributed by atoms with Crippen molar-refractivity contribution < 1.29 is 18.0 Å². The van der Waals surface area contributed by atoms with Crippen LogP contribution in [0.5, 0.6) is 0 Å². The van der Waals surface area contributed by atoms with Crippen molar-refractivity contribution in [1.29, 1.82) is 0 Å². The lowest BCUT2D eigenvalue weighted by Crippen LogP contribution is -2.53.